The molecule has 1 aromatic carbocycles. The fraction of sp³-hybridized carbons (Fsp3) is 0.714. The highest BCUT2D eigenvalue weighted by Crippen LogP contribution is 2.43. The lowest BCUT2D eigenvalue weighted by molar-refractivity contribution is 0.152. The van der Waals surface area contributed by atoms with Gasteiger partial charge in [-0.05, 0) is 42.2 Å². The normalized spacial score (nSPS) is 18.3. The molecule has 0 amide bonds. The first-order valence-corrected chi connectivity index (χ1v) is 21.4. The number of methoxy groups -OCH3 is 1. The van der Waals surface area contributed by atoms with Crippen molar-refractivity contribution < 1.29 is 18.6 Å². The van der Waals surface area contributed by atoms with E-state index in [0.29, 0.717) is 13.3 Å². The zero-order chi connectivity index (χ0) is 27.4. The maximum atomic E-state index is 6.84. The molecule has 9 heteroatoms. The van der Waals surface area contributed by atoms with Crippen LogP contribution in [0.15, 0.2) is 24.0 Å². The Morgan fingerprint density at radius 3 is 2.41 bits per heavy atom. The smallest absolute Gasteiger partial charge is 0.192 e. The molecule has 210 valence electrons. The van der Waals surface area contributed by atoms with Gasteiger partial charge in [0, 0.05) is 57.5 Å². The molecule has 0 radical (unpaired) electrons. The topological polar surface area (TPSA) is 43.4 Å². The molecule has 2 aliphatic rings. The fourth-order valence-corrected chi connectivity index (χ4v) is 6.69. The zero-order valence-corrected chi connectivity index (χ0v) is 28.2. The van der Waals surface area contributed by atoms with Gasteiger partial charge in [0.1, 0.15) is 6.73 Å². The summed E-state index contributed by atoms with van der Waals surface area (Å²) in [7, 11) is -1.28. The molecular weight excluding hydrogens is 564 g/mol. The van der Waals surface area contributed by atoms with Gasteiger partial charge in [-0.25, -0.2) is 0 Å². The van der Waals surface area contributed by atoms with E-state index in [1.165, 1.54) is 11.3 Å². The van der Waals surface area contributed by atoms with Gasteiger partial charge in [0.25, 0.3) is 0 Å². The van der Waals surface area contributed by atoms with Crippen LogP contribution in [0.1, 0.15) is 39.2 Å². The second kappa shape index (κ2) is 12.4. The van der Waals surface area contributed by atoms with Gasteiger partial charge in [0.05, 0.1) is 25.5 Å². The minimum atomic E-state index is -1.85. The van der Waals surface area contributed by atoms with Crippen molar-refractivity contribution in [2.24, 2.45) is 0 Å². The Kier molecular flexibility index (Phi) is 10.3. The minimum Gasteiger partial charge on any atom is -0.493 e. The van der Waals surface area contributed by atoms with Gasteiger partial charge in [-0.2, -0.15) is 0 Å². The van der Waals surface area contributed by atoms with Gasteiger partial charge in [0.2, 0.25) is 0 Å². The summed E-state index contributed by atoms with van der Waals surface area (Å²) in [6.07, 6.45) is 4.37. The summed E-state index contributed by atoms with van der Waals surface area (Å²) in [5.74, 6) is 1.57. The van der Waals surface area contributed by atoms with Crippen molar-refractivity contribution >= 4 is 38.0 Å². The van der Waals surface area contributed by atoms with Crippen molar-refractivity contribution in [1.29, 1.82) is 0 Å². The Morgan fingerprint density at radius 1 is 1.05 bits per heavy atom. The van der Waals surface area contributed by atoms with E-state index >= 15 is 0 Å². The zero-order valence-electron chi connectivity index (χ0n) is 24.6. The van der Waals surface area contributed by atoms with E-state index in [4.69, 9.17) is 18.6 Å². The van der Waals surface area contributed by atoms with Crippen LogP contribution in [0.4, 0.5) is 5.69 Å². The Morgan fingerprint density at radius 2 is 1.78 bits per heavy atom. The van der Waals surface area contributed by atoms with E-state index in [1.807, 2.05) is 0 Å². The molecular formula is C28H49BrN2O4Si2. The number of nitrogens with zero attached hydrogens (tertiary/aromatic N) is 2. The molecule has 0 aliphatic carbocycles. The van der Waals surface area contributed by atoms with Crippen molar-refractivity contribution in [1.82, 2.24) is 4.90 Å². The van der Waals surface area contributed by atoms with Gasteiger partial charge >= 0.3 is 0 Å². The fourth-order valence-electron chi connectivity index (χ4n) is 4.36. The second-order valence-corrected chi connectivity index (χ2v) is 24.2. The van der Waals surface area contributed by atoms with Gasteiger partial charge in [-0.15, -0.1) is 0 Å². The molecule has 1 fully saturated rings. The van der Waals surface area contributed by atoms with Crippen molar-refractivity contribution in [3.8, 4) is 11.5 Å². The summed E-state index contributed by atoms with van der Waals surface area (Å²) in [4.78, 5) is 4.74. The Hall–Kier alpha value is -1.01. The highest BCUT2D eigenvalue weighted by atomic mass is 79.9. The number of rotatable bonds is 12. The van der Waals surface area contributed by atoms with Gasteiger partial charge in [-0.3, -0.25) is 0 Å². The molecule has 2 aliphatic heterocycles. The average Bonchev–Trinajstić information content (AvgIpc) is 3.08. The quantitative estimate of drug-likeness (QED) is 0.139. The molecule has 0 bridgehead atoms. The van der Waals surface area contributed by atoms with Crippen molar-refractivity contribution in [3.05, 3.63) is 29.6 Å². The third-order valence-corrected chi connectivity index (χ3v) is 14.4. The number of hydrogen-bond acceptors (Lipinski definition) is 6. The summed E-state index contributed by atoms with van der Waals surface area (Å²) in [5, 5.41) is 1.11. The Labute approximate surface area is 235 Å². The maximum Gasteiger partial charge on any atom is 0.192 e. The van der Waals surface area contributed by atoms with Crippen molar-refractivity contribution in [2.45, 2.75) is 90.1 Å². The third kappa shape index (κ3) is 8.24. The molecule has 2 heterocycles. The number of halogens is 1. The standard InChI is InChI=1S/C28H49BrN2O4Si2/c1-28(2,3)37(8,9)35-24-16-23-19-31(21-33-13-14-36(5,6)7)25-17-27(34-12-10-11-29)26(32-4)15-22(25)18-30(23)20-24/h15,17,19,24H,10-14,16,18,20-21H2,1-9H3/t24-/m1/s1. The second-order valence-electron chi connectivity index (χ2n) is 13.0. The van der Waals surface area contributed by atoms with Crippen LogP contribution in [-0.4, -0.2) is 66.3 Å². The van der Waals surface area contributed by atoms with Crippen LogP contribution < -0.4 is 14.4 Å². The summed E-state index contributed by atoms with van der Waals surface area (Å²) in [5.41, 5.74) is 3.67. The molecule has 0 aromatic heterocycles. The maximum absolute atomic E-state index is 6.84. The van der Waals surface area contributed by atoms with Crippen molar-refractivity contribution in [2.75, 3.05) is 43.8 Å². The van der Waals surface area contributed by atoms with Crippen molar-refractivity contribution in [3.63, 3.8) is 0 Å². The molecule has 0 saturated carbocycles. The van der Waals surface area contributed by atoms with Crippen LogP contribution in [0.25, 0.3) is 0 Å². The molecule has 1 aromatic rings. The number of anilines is 1. The highest BCUT2D eigenvalue weighted by Gasteiger charge is 2.42. The number of alkyl halides is 1. The lowest BCUT2D eigenvalue weighted by atomic mass is 10.1. The monoisotopic (exact) mass is 612 g/mol. The van der Waals surface area contributed by atoms with Crippen LogP contribution in [0, 0.1) is 0 Å². The number of fused-ring (bicyclic) bond motifs is 2. The van der Waals surface area contributed by atoms with Crippen LogP contribution in [-0.2, 0) is 15.7 Å². The van der Waals surface area contributed by atoms with Crippen LogP contribution in [0.5, 0.6) is 11.5 Å². The first kappa shape index (κ1) is 30.5. The van der Waals surface area contributed by atoms with E-state index in [1.54, 1.807) is 7.11 Å². The molecule has 3 rings (SSSR count). The summed E-state index contributed by atoms with van der Waals surface area (Å²) in [6, 6.07) is 5.43. The summed E-state index contributed by atoms with van der Waals surface area (Å²) in [6.45, 7) is 22.5. The van der Waals surface area contributed by atoms with E-state index in [9.17, 15) is 0 Å². The molecule has 0 spiro atoms. The van der Waals surface area contributed by atoms with Crippen LogP contribution >= 0.6 is 15.9 Å². The van der Waals surface area contributed by atoms with Gasteiger partial charge in [-0.1, -0.05) is 56.3 Å². The van der Waals surface area contributed by atoms with E-state index in [-0.39, 0.29) is 11.1 Å². The van der Waals surface area contributed by atoms with E-state index in [2.05, 4.69) is 97.6 Å². The summed E-state index contributed by atoms with van der Waals surface area (Å²) < 4.78 is 25.0. The van der Waals surface area contributed by atoms with E-state index < -0.39 is 16.4 Å². The SMILES string of the molecule is COc1cc2c(cc1OCCCBr)N(COCC[Si](C)(C)C)C=C1C[C@@H](O[Si](C)(C)C(C)(C)C)CN1C2. The summed E-state index contributed by atoms with van der Waals surface area (Å²) >= 11 is 3.49. The number of hydrogen-bond donors (Lipinski definition) is 0. The molecule has 1 atom stereocenters. The lowest BCUT2D eigenvalue weighted by Crippen LogP contribution is -2.44. The van der Waals surface area contributed by atoms with Gasteiger partial charge < -0.3 is 28.4 Å². The average molecular weight is 614 g/mol. The first-order valence-electron chi connectivity index (χ1n) is 13.6. The van der Waals surface area contributed by atoms with Crippen LogP contribution in [0.3, 0.4) is 0 Å². The molecule has 6 nitrogen and oxygen atoms in total. The first-order chi connectivity index (χ1) is 17.2. The largest absolute Gasteiger partial charge is 0.493 e. The third-order valence-electron chi connectivity index (χ3n) is 7.64. The number of benzene rings is 1. The predicted octanol–water partition coefficient (Wildman–Crippen LogP) is 7.43. The minimum absolute atomic E-state index is 0.197. The molecule has 1 saturated heterocycles. The van der Waals surface area contributed by atoms with Crippen LogP contribution in [0.2, 0.25) is 43.8 Å². The van der Waals surface area contributed by atoms with E-state index in [0.717, 1.165) is 61.1 Å². The number of ether oxygens (including phenoxy) is 3. The molecule has 37 heavy (non-hydrogen) atoms. The van der Waals surface area contributed by atoms with Gasteiger partial charge in [0.15, 0.2) is 19.8 Å². The highest BCUT2D eigenvalue weighted by molar-refractivity contribution is 9.09. The molecule has 0 N–H and O–H groups in total. The lowest BCUT2D eigenvalue weighted by Gasteiger charge is -2.38. The predicted molar refractivity (Wildman–Crippen MR) is 164 cm³/mol. The molecule has 0 unspecified atom stereocenters. The Balaban J connectivity index is 1.88. The Bertz CT molecular complexity index is 943.